The first-order valence-electron chi connectivity index (χ1n) is 7.00. The van der Waals surface area contributed by atoms with Gasteiger partial charge in [0.15, 0.2) is 0 Å². The first kappa shape index (κ1) is 15.3. The number of amides is 2. The first-order chi connectivity index (χ1) is 9.89. The van der Waals surface area contributed by atoms with Gasteiger partial charge < -0.3 is 20.4 Å². The molecule has 1 unspecified atom stereocenters. The number of likely N-dealkylation sites (tertiary alicyclic amines) is 1. The molecule has 0 radical (unpaired) electrons. The molecule has 0 aromatic heterocycles. The highest BCUT2D eigenvalue weighted by Gasteiger charge is 2.27. The third-order valence-corrected chi connectivity index (χ3v) is 3.75. The van der Waals surface area contributed by atoms with Crippen molar-refractivity contribution >= 4 is 17.7 Å². The molecule has 2 rings (SSSR count). The minimum Gasteiger partial charge on any atom is -0.478 e. The van der Waals surface area contributed by atoms with Crippen LogP contribution in [-0.4, -0.2) is 45.8 Å². The predicted octanol–water partition coefficient (Wildman–Crippen LogP) is 2.15. The number of carboxylic acid groups (broad SMARTS) is 1. The van der Waals surface area contributed by atoms with Gasteiger partial charge >= 0.3 is 12.0 Å². The zero-order valence-electron chi connectivity index (χ0n) is 12.0. The van der Waals surface area contributed by atoms with Crippen molar-refractivity contribution in [2.24, 2.45) is 0 Å². The first-order valence-corrected chi connectivity index (χ1v) is 7.00. The fraction of sp³-hybridized carbons (Fsp3) is 0.467. The van der Waals surface area contributed by atoms with Gasteiger partial charge in [0.2, 0.25) is 0 Å². The van der Waals surface area contributed by atoms with Gasteiger partial charge in [-0.25, -0.2) is 9.59 Å². The van der Waals surface area contributed by atoms with E-state index < -0.39 is 11.6 Å². The van der Waals surface area contributed by atoms with Crippen LogP contribution < -0.4 is 5.32 Å². The minimum atomic E-state index is -1.08. The van der Waals surface area contributed by atoms with Crippen LogP contribution in [0.4, 0.5) is 10.5 Å². The van der Waals surface area contributed by atoms with Crippen molar-refractivity contribution in [3.8, 4) is 0 Å². The second-order valence-corrected chi connectivity index (χ2v) is 5.62. The lowest BCUT2D eigenvalue weighted by Gasteiger charge is -2.23. The molecule has 1 atom stereocenters. The van der Waals surface area contributed by atoms with Crippen LogP contribution in [0.15, 0.2) is 24.3 Å². The van der Waals surface area contributed by atoms with E-state index in [0.29, 0.717) is 25.9 Å². The van der Waals surface area contributed by atoms with Gasteiger partial charge in [0.25, 0.3) is 0 Å². The van der Waals surface area contributed by atoms with Gasteiger partial charge in [-0.05, 0) is 38.3 Å². The minimum absolute atomic E-state index is 0.0627. The van der Waals surface area contributed by atoms with Crippen molar-refractivity contribution in [2.75, 3.05) is 18.4 Å². The molecular formula is C15H20N2O4. The highest BCUT2D eigenvalue weighted by Crippen LogP contribution is 2.22. The standard InChI is InChI=1S/C15H20N2O4/c1-15(21)7-4-9-17(10-8-15)14(20)16-12-6-3-2-5-11(12)13(18)19/h2-3,5-6,21H,4,7-10H2,1H3,(H,16,20)(H,18,19). The normalized spacial score (nSPS) is 22.5. The number of aliphatic hydroxyl groups is 1. The molecule has 0 spiro atoms. The van der Waals surface area contributed by atoms with Crippen LogP contribution >= 0.6 is 0 Å². The van der Waals surface area contributed by atoms with Crippen LogP contribution in [0.1, 0.15) is 36.5 Å². The molecule has 0 saturated carbocycles. The number of carbonyl (C=O) groups is 2. The molecule has 0 bridgehead atoms. The van der Waals surface area contributed by atoms with Gasteiger partial charge in [0.05, 0.1) is 16.9 Å². The summed E-state index contributed by atoms with van der Waals surface area (Å²) in [6.45, 7) is 2.78. The molecule has 114 valence electrons. The summed E-state index contributed by atoms with van der Waals surface area (Å²) in [5, 5.41) is 21.8. The topological polar surface area (TPSA) is 89.9 Å². The Morgan fingerprint density at radius 3 is 2.67 bits per heavy atom. The molecule has 1 aliphatic rings. The number of carbonyl (C=O) groups excluding carboxylic acids is 1. The Kier molecular flexibility index (Phi) is 4.47. The van der Waals surface area contributed by atoms with E-state index in [-0.39, 0.29) is 17.3 Å². The second kappa shape index (κ2) is 6.13. The summed E-state index contributed by atoms with van der Waals surface area (Å²) in [5.74, 6) is -1.08. The maximum absolute atomic E-state index is 12.2. The number of para-hydroxylation sites is 1. The third kappa shape index (κ3) is 3.95. The van der Waals surface area contributed by atoms with Crippen molar-refractivity contribution in [1.82, 2.24) is 4.90 Å². The van der Waals surface area contributed by atoms with E-state index in [9.17, 15) is 14.7 Å². The van der Waals surface area contributed by atoms with Crippen molar-refractivity contribution in [3.05, 3.63) is 29.8 Å². The Balaban J connectivity index is 2.06. The fourth-order valence-corrected chi connectivity index (χ4v) is 2.44. The average molecular weight is 292 g/mol. The fourth-order valence-electron chi connectivity index (χ4n) is 2.44. The number of hydrogen-bond donors (Lipinski definition) is 3. The summed E-state index contributed by atoms with van der Waals surface area (Å²) >= 11 is 0. The van der Waals surface area contributed by atoms with Gasteiger partial charge in [-0.2, -0.15) is 0 Å². The summed E-state index contributed by atoms with van der Waals surface area (Å²) in [6, 6.07) is 5.97. The van der Waals surface area contributed by atoms with Gasteiger partial charge in [-0.3, -0.25) is 0 Å². The van der Waals surface area contributed by atoms with E-state index in [1.807, 2.05) is 0 Å². The summed E-state index contributed by atoms with van der Waals surface area (Å²) in [7, 11) is 0. The number of aromatic carboxylic acids is 1. The van der Waals surface area contributed by atoms with Gasteiger partial charge in [0, 0.05) is 13.1 Å². The summed E-state index contributed by atoms with van der Waals surface area (Å²) in [6.07, 6.45) is 1.89. The van der Waals surface area contributed by atoms with E-state index >= 15 is 0 Å². The molecule has 1 heterocycles. The van der Waals surface area contributed by atoms with E-state index in [1.54, 1.807) is 30.0 Å². The van der Waals surface area contributed by atoms with E-state index in [2.05, 4.69) is 5.32 Å². The van der Waals surface area contributed by atoms with Crippen LogP contribution in [0, 0.1) is 0 Å². The maximum atomic E-state index is 12.2. The quantitative estimate of drug-likeness (QED) is 0.779. The number of benzene rings is 1. The Morgan fingerprint density at radius 2 is 1.95 bits per heavy atom. The zero-order valence-corrected chi connectivity index (χ0v) is 12.0. The molecular weight excluding hydrogens is 272 g/mol. The third-order valence-electron chi connectivity index (χ3n) is 3.75. The molecule has 2 amide bonds. The summed E-state index contributed by atoms with van der Waals surface area (Å²) in [4.78, 5) is 25.0. The number of nitrogens with zero attached hydrogens (tertiary/aromatic N) is 1. The smallest absolute Gasteiger partial charge is 0.337 e. The van der Waals surface area contributed by atoms with E-state index in [4.69, 9.17) is 5.11 Å². The molecule has 1 fully saturated rings. The Morgan fingerprint density at radius 1 is 1.24 bits per heavy atom. The number of urea groups is 1. The maximum Gasteiger partial charge on any atom is 0.337 e. The SMILES string of the molecule is CC1(O)CCCN(C(=O)Nc2ccccc2C(=O)O)CC1. The molecule has 1 saturated heterocycles. The van der Waals surface area contributed by atoms with E-state index in [1.165, 1.54) is 6.07 Å². The van der Waals surface area contributed by atoms with Crippen molar-refractivity contribution in [2.45, 2.75) is 31.8 Å². The molecule has 1 aromatic rings. The lowest BCUT2D eigenvalue weighted by atomic mass is 9.98. The Labute approximate surface area is 123 Å². The lowest BCUT2D eigenvalue weighted by molar-refractivity contribution is 0.0458. The number of nitrogens with one attached hydrogen (secondary N) is 1. The van der Waals surface area contributed by atoms with Crippen LogP contribution in [-0.2, 0) is 0 Å². The summed E-state index contributed by atoms with van der Waals surface area (Å²) < 4.78 is 0. The van der Waals surface area contributed by atoms with Gasteiger partial charge in [-0.1, -0.05) is 12.1 Å². The molecule has 0 aliphatic carbocycles. The zero-order chi connectivity index (χ0) is 15.5. The van der Waals surface area contributed by atoms with Crippen molar-refractivity contribution in [1.29, 1.82) is 0 Å². The van der Waals surface area contributed by atoms with Gasteiger partial charge in [0.1, 0.15) is 0 Å². The van der Waals surface area contributed by atoms with Crippen LogP contribution in [0.5, 0.6) is 0 Å². The summed E-state index contributed by atoms with van der Waals surface area (Å²) in [5.41, 5.74) is -0.396. The molecule has 21 heavy (non-hydrogen) atoms. The van der Waals surface area contributed by atoms with Crippen molar-refractivity contribution in [3.63, 3.8) is 0 Å². The van der Waals surface area contributed by atoms with Crippen LogP contribution in [0.2, 0.25) is 0 Å². The number of carboxylic acids is 1. The Bertz CT molecular complexity index is 542. The number of anilines is 1. The molecule has 1 aliphatic heterocycles. The average Bonchev–Trinajstić information content (AvgIpc) is 2.60. The molecule has 6 nitrogen and oxygen atoms in total. The van der Waals surface area contributed by atoms with E-state index in [0.717, 1.165) is 6.42 Å². The monoisotopic (exact) mass is 292 g/mol. The van der Waals surface area contributed by atoms with Gasteiger partial charge in [-0.15, -0.1) is 0 Å². The number of rotatable bonds is 2. The van der Waals surface area contributed by atoms with Crippen LogP contribution in [0.3, 0.4) is 0 Å². The molecule has 1 aromatic carbocycles. The number of hydrogen-bond acceptors (Lipinski definition) is 3. The molecule has 3 N–H and O–H groups in total. The molecule has 6 heteroatoms. The van der Waals surface area contributed by atoms with Crippen LogP contribution in [0.25, 0.3) is 0 Å². The largest absolute Gasteiger partial charge is 0.478 e. The highest BCUT2D eigenvalue weighted by atomic mass is 16.4. The highest BCUT2D eigenvalue weighted by molar-refractivity contribution is 5.99. The van der Waals surface area contributed by atoms with Crippen molar-refractivity contribution < 1.29 is 19.8 Å². The Hall–Kier alpha value is -2.08. The second-order valence-electron chi connectivity index (χ2n) is 5.62. The predicted molar refractivity (Wildman–Crippen MR) is 78.5 cm³/mol. The lowest BCUT2D eigenvalue weighted by Crippen LogP contribution is -2.37.